The zero-order valence-corrected chi connectivity index (χ0v) is 11.9. The highest BCUT2D eigenvalue weighted by atomic mass is 32.2. The van der Waals surface area contributed by atoms with Crippen LogP contribution in [0.3, 0.4) is 0 Å². The molecule has 2 atom stereocenters. The number of hydrogen-bond donors (Lipinski definition) is 1. The lowest BCUT2D eigenvalue weighted by Gasteiger charge is -2.32. The van der Waals surface area contributed by atoms with E-state index in [1.807, 2.05) is 0 Å². The van der Waals surface area contributed by atoms with Crippen molar-refractivity contribution < 1.29 is 4.74 Å². The molecule has 0 spiro atoms. The van der Waals surface area contributed by atoms with Crippen molar-refractivity contribution in [3.8, 4) is 0 Å². The first-order valence-corrected chi connectivity index (χ1v) is 8.48. The van der Waals surface area contributed by atoms with E-state index in [1.54, 1.807) is 0 Å². The van der Waals surface area contributed by atoms with E-state index in [4.69, 9.17) is 4.74 Å². The molecular formula is C14H27NOS. The van der Waals surface area contributed by atoms with Gasteiger partial charge in [0.05, 0.1) is 12.7 Å². The van der Waals surface area contributed by atoms with Crippen molar-refractivity contribution in [3.63, 3.8) is 0 Å². The Morgan fingerprint density at radius 3 is 2.82 bits per heavy atom. The van der Waals surface area contributed by atoms with Gasteiger partial charge in [0.25, 0.3) is 0 Å². The first-order chi connectivity index (χ1) is 8.40. The summed E-state index contributed by atoms with van der Waals surface area (Å²) in [6.45, 7) is 4.34. The molecule has 2 unspecified atom stereocenters. The Labute approximate surface area is 110 Å². The average molecular weight is 257 g/mol. The van der Waals surface area contributed by atoms with E-state index >= 15 is 0 Å². The lowest BCUT2D eigenvalue weighted by Crippen LogP contribution is -2.46. The zero-order valence-electron chi connectivity index (χ0n) is 11.1. The summed E-state index contributed by atoms with van der Waals surface area (Å²) in [6.07, 6.45) is 8.82. The molecule has 2 aliphatic rings. The van der Waals surface area contributed by atoms with Crippen LogP contribution >= 0.6 is 11.8 Å². The van der Waals surface area contributed by atoms with Gasteiger partial charge >= 0.3 is 0 Å². The topological polar surface area (TPSA) is 21.3 Å². The molecule has 1 aliphatic carbocycles. The third-order valence-electron chi connectivity index (χ3n) is 4.01. The summed E-state index contributed by atoms with van der Waals surface area (Å²) in [5, 5.41) is 3.73. The summed E-state index contributed by atoms with van der Waals surface area (Å²) in [5.41, 5.74) is 0. The number of ether oxygens (including phenoxy) is 1. The van der Waals surface area contributed by atoms with Crippen LogP contribution in [0.5, 0.6) is 0 Å². The Morgan fingerprint density at radius 1 is 1.35 bits per heavy atom. The van der Waals surface area contributed by atoms with Gasteiger partial charge in [-0.3, -0.25) is 0 Å². The van der Waals surface area contributed by atoms with Crippen molar-refractivity contribution in [1.29, 1.82) is 0 Å². The summed E-state index contributed by atoms with van der Waals surface area (Å²) >= 11 is 2.06. The van der Waals surface area contributed by atoms with Crippen molar-refractivity contribution in [1.82, 2.24) is 5.32 Å². The first kappa shape index (κ1) is 13.7. The summed E-state index contributed by atoms with van der Waals surface area (Å²) < 4.78 is 5.96. The summed E-state index contributed by atoms with van der Waals surface area (Å²) in [5.74, 6) is 3.33. The Kier molecular flexibility index (Phi) is 6.16. The Bertz CT molecular complexity index is 200. The summed E-state index contributed by atoms with van der Waals surface area (Å²) in [4.78, 5) is 0. The Hall–Kier alpha value is 0.270. The highest BCUT2D eigenvalue weighted by Crippen LogP contribution is 2.30. The normalized spacial score (nSPS) is 28.4. The van der Waals surface area contributed by atoms with Crippen molar-refractivity contribution in [2.75, 3.05) is 24.7 Å². The van der Waals surface area contributed by atoms with E-state index in [2.05, 4.69) is 24.0 Å². The molecule has 0 aromatic heterocycles. The lowest BCUT2D eigenvalue weighted by molar-refractivity contribution is 0.0403. The fourth-order valence-electron chi connectivity index (χ4n) is 3.04. The molecule has 100 valence electrons. The molecule has 1 heterocycles. The SMILES string of the molecule is CCCNC(CC1CCCC1)C1CSCCO1. The van der Waals surface area contributed by atoms with Crippen LogP contribution in [0, 0.1) is 5.92 Å². The molecule has 0 radical (unpaired) electrons. The summed E-state index contributed by atoms with van der Waals surface area (Å²) in [7, 11) is 0. The van der Waals surface area contributed by atoms with Gasteiger partial charge in [0, 0.05) is 17.5 Å². The first-order valence-electron chi connectivity index (χ1n) is 7.33. The van der Waals surface area contributed by atoms with Crippen molar-refractivity contribution in [2.45, 2.75) is 57.6 Å². The third kappa shape index (κ3) is 4.46. The molecule has 1 N–H and O–H groups in total. The van der Waals surface area contributed by atoms with Crippen LogP contribution in [0.1, 0.15) is 45.4 Å². The minimum Gasteiger partial charge on any atom is -0.375 e. The van der Waals surface area contributed by atoms with Gasteiger partial charge in [0.1, 0.15) is 0 Å². The molecule has 2 nitrogen and oxygen atoms in total. The average Bonchev–Trinajstić information content (AvgIpc) is 2.88. The van der Waals surface area contributed by atoms with Crippen LogP contribution in [0.25, 0.3) is 0 Å². The summed E-state index contributed by atoms with van der Waals surface area (Å²) in [6, 6.07) is 0.603. The molecule has 1 saturated heterocycles. The van der Waals surface area contributed by atoms with Gasteiger partial charge in [-0.15, -0.1) is 0 Å². The molecule has 1 aliphatic heterocycles. The molecular weight excluding hydrogens is 230 g/mol. The molecule has 2 rings (SSSR count). The molecule has 0 bridgehead atoms. The molecule has 3 heteroatoms. The van der Waals surface area contributed by atoms with Gasteiger partial charge in [-0.05, 0) is 25.3 Å². The van der Waals surface area contributed by atoms with Gasteiger partial charge < -0.3 is 10.1 Å². The smallest absolute Gasteiger partial charge is 0.0818 e. The van der Waals surface area contributed by atoms with Crippen LogP contribution < -0.4 is 5.32 Å². The maximum absolute atomic E-state index is 5.96. The number of rotatable bonds is 6. The van der Waals surface area contributed by atoms with Crippen molar-refractivity contribution in [2.24, 2.45) is 5.92 Å². The Morgan fingerprint density at radius 2 is 2.18 bits per heavy atom. The van der Waals surface area contributed by atoms with Gasteiger partial charge in [0.2, 0.25) is 0 Å². The van der Waals surface area contributed by atoms with Gasteiger partial charge in [-0.25, -0.2) is 0 Å². The molecule has 0 amide bonds. The number of nitrogens with one attached hydrogen (secondary N) is 1. The number of thioether (sulfide) groups is 1. The molecule has 0 aromatic carbocycles. The largest absolute Gasteiger partial charge is 0.375 e. The fraction of sp³-hybridized carbons (Fsp3) is 1.00. The van der Waals surface area contributed by atoms with E-state index in [1.165, 1.54) is 50.0 Å². The minimum atomic E-state index is 0.459. The predicted octanol–water partition coefficient (Wildman–Crippen LogP) is 3.07. The lowest BCUT2D eigenvalue weighted by atomic mass is 9.95. The van der Waals surface area contributed by atoms with Crippen LogP contribution in [0.15, 0.2) is 0 Å². The van der Waals surface area contributed by atoms with Crippen molar-refractivity contribution >= 4 is 11.8 Å². The van der Waals surface area contributed by atoms with E-state index in [0.717, 1.165) is 19.1 Å². The quantitative estimate of drug-likeness (QED) is 0.790. The maximum atomic E-state index is 5.96. The van der Waals surface area contributed by atoms with E-state index < -0.39 is 0 Å². The third-order valence-corrected chi connectivity index (χ3v) is 5.03. The second kappa shape index (κ2) is 7.65. The van der Waals surface area contributed by atoms with Crippen LogP contribution in [-0.2, 0) is 4.74 Å². The second-order valence-electron chi connectivity index (χ2n) is 5.43. The van der Waals surface area contributed by atoms with Crippen LogP contribution in [-0.4, -0.2) is 36.8 Å². The highest BCUT2D eigenvalue weighted by molar-refractivity contribution is 7.99. The van der Waals surface area contributed by atoms with Crippen LogP contribution in [0.4, 0.5) is 0 Å². The molecule has 17 heavy (non-hydrogen) atoms. The number of hydrogen-bond acceptors (Lipinski definition) is 3. The highest BCUT2D eigenvalue weighted by Gasteiger charge is 2.28. The minimum absolute atomic E-state index is 0.459. The second-order valence-corrected chi connectivity index (χ2v) is 6.58. The predicted molar refractivity (Wildman–Crippen MR) is 75.7 cm³/mol. The van der Waals surface area contributed by atoms with E-state index in [9.17, 15) is 0 Å². The van der Waals surface area contributed by atoms with Crippen molar-refractivity contribution in [3.05, 3.63) is 0 Å². The molecule has 2 fully saturated rings. The van der Waals surface area contributed by atoms with Gasteiger partial charge in [-0.2, -0.15) is 11.8 Å². The molecule has 0 aromatic rings. The monoisotopic (exact) mass is 257 g/mol. The van der Waals surface area contributed by atoms with E-state index in [0.29, 0.717) is 12.1 Å². The van der Waals surface area contributed by atoms with E-state index in [-0.39, 0.29) is 0 Å². The van der Waals surface area contributed by atoms with Gasteiger partial charge in [-0.1, -0.05) is 32.6 Å². The maximum Gasteiger partial charge on any atom is 0.0818 e. The zero-order chi connectivity index (χ0) is 11.9. The van der Waals surface area contributed by atoms with Gasteiger partial charge in [0.15, 0.2) is 0 Å². The Balaban J connectivity index is 1.81. The fourth-order valence-corrected chi connectivity index (χ4v) is 3.98. The molecule has 1 saturated carbocycles. The standard InChI is InChI=1S/C14H27NOS/c1-2-7-15-13(10-12-5-3-4-6-12)14-11-17-9-8-16-14/h12-15H,2-11H2,1H3. The van der Waals surface area contributed by atoms with Crippen LogP contribution in [0.2, 0.25) is 0 Å².